The molecule has 0 aliphatic carbocycles. The Hall–Kier alpha value is -2.79. The van der Waals surface area contributed by atoms with Crippen LogP contribution in [0.15, 0.2) is 46.9 Å². The summed E-state index contributed by atoms with van der Waals surface area (Å²) in [5.74, 6) is 2.42. The molecule has 0 spiro atoms. The fourth-order valence-electron chi connectivity index (χ4n) is 4.96. The highest BCUT2D eigenvalue weighted by Crippen LogP contribution is 2.38. The van der Waals surface area contributed by atoms with Crippen molar-refractivity contribution in [3.63, 3.8) is 0 Å². The molecule has 5 rings (SSSR count). The molecule has 2 aliphatic rings. The maximum absolute atomic E-state index is 11.7. The van der Waals surface area contributed by atoms with Gasteiger partial charge in [0.1, 0.15) is 17.1 Å². The maximum Gasteiger partial charge on any atom is 0.220 e. The molecule has 2 atom stereocenters. The number of hydrogen-bond acceptors (Lipinski definition) is 4. The number of carbonyl (C=O) groups is 1. The van der Waals surface area contributed by atoms with Crippen LogP contribution in [0.25, 0.3) is 22.1 Å². The highest BCUT2D eigenvalue weighted by molar-refractivity contribution is 5.97. The molecule has 2 fully saturated rings. The molecule has 5 nitrogen and oxygen atoms in total. The molecule has 1 amide bonds. The number of hydrogen-bond donors (Lipinski definition) is 1. The second-order valence-electron chi connectivity index (χ2n) is 8.22. The van der Waals surface area contributed by atoms with E-state index in [2.05, 4.69) is 34.5 Å². The summed E-state index contributed by atoms with van der Waals surface area (Å²) in [6.07, 6.45) is 1.66. The van der Waals surface area contributed by atoms with E-state index in [-0.39, 0.29) is 5.91 Å². The van der Waals surface area contributed by atoms with Crippen molar-refractivity contribution in [3.8, 4) is 16.9 Å². The summed E-state index contributed by atoms with van der Waals surface area (Å²) in [6, 6.07) is 14.9. The van der Waals surface area contributed by atoms with E-state index in [0.717, 1.165) is 65.2 Å². The molecule has 1 aromatic heterocycles. The van der Waals surface area contributed by atoms with E-state index >= 15 is 0 Å². The molecule has 0 unspecified atom stereocenters. The number of furan rings is 1. The minimum atomic E-state index is 0.195. The van der Waals surface area contributed by atoms with E-state index in [0.29, 0.717) is 18.4 Å². The smallest absolute Gasteiger partial charge is 0.220 e. The molecule has 3 heterocycles. The number of amides is 1. The molecule has 3 aromatic rings. The zero-order valence-electron chi connectivity index (χ0n) is 16.9. The lowest BCUT2D eigenvalue weighted by atomic mass is 9.93. The summed E-state index contributed by atoms with van der Waals surface area (Å²) >= 11 is 0. The number of rotatable bonds is 4. The Kier molecular flexibility index (Phi) is 4.55. The monoisotopic (exact) mass is 390 g/mol. The SMILES string of the molecule is COc1cc2c(-c3ccccc3)c(C)oc2cc1CN1CC[C@@H]2NC(=O)C[C@@H]2C1. The first-order valence-electron chi connectivity index (χ1n) is 10.3. The highest BCUT2D eigenvalue weighted by Gasteiger charge is 2.36. The van der Waals surface area contributed by atoms with Gasteiger partial charge in [0.2, 0.25) is 5.91 Å². The number of fused-ring (bicyclic) bond motifs is 2. The summed E-state index contributed by atoms with van der Waals surface area (Å²) in [5, 5.41) is 4.19. The molecule has 0 saturated carbocycles. The van der Waals surface area contributed by atoms with Crippen molar-refractivity contribution >= 4 is 16.9 Å². The number of nitrogens with zero attached hydrogens (tertiary/aromatic N) is 1. The fraction of sp³-hybridized carbons (Fsp3) is 0.375. The van der Waals surface area contributed by atoms with Gasteiger partial charge in [-0.2, -0.15) is 0 Å². The summed E-state index contributed by atoms with van der Waals surface area (Å²) in [5.41, 5.74) is 4.30. The molecule has 0 radical (unpaired) electrons. The molecule has 5 heteroatoms. The summed E-state index contributed by atoms with van der Waals surface area (Å²) in [6.45, 7) is 4.74. The van der Waals surface area contributed by atoms with E-state index in [4.69, 9.17) is 9.15 Å². The van der Waals surface area contributed by atoms with E-state index < -0.39 is 0 Å². The van der Waals surface area contributed by atoms with Crippen LogP contribution in [0.1, 0.15) is 24.2 Å². The second-order valence-corrected chi connectivity index (χ2v) is 8.22. The Bertz CT molecular complexity index is 1060. The Labute approximate surface area is 170 Å². The predicted molar refractivity (Wildman–Crippen MR) is 113 cm³/mol. The Morgan fingerprint density at radius 3 is 2.86 bits per heavy atom. The van der Waals surface area contributed by atoms with Gasteiger partial charge in [-0.25, -0.2) is 0 Å². The number of ether oxygens (including phenoxy) is 1. The highest BCUT2D eigenvalue weighted by atomic mass is 16.5. The molecular formula is C24H26N2O3. The van der Waals surface area contributed by atoms with Gasteiger partial charge in [-0.3, -0.25) is 9.69 Å². The van der Waals surface area contributed by atoms with Crippen LogP contribution in [0.5, 0.6) is 5.75 Å². The number of benzene rings is 2. The molecule has 29 heavy (non-hydrogen) atoms. The van der Waals surface area contributed by atoms with Crippen LogP contribution < -0.4 is 10.1 Å². The maximum atomic E-state index is 11.7. The van der Waals surface area contributed by atoms with Crippen molar-refractivity contribution in [1.82, 2.24) is 10.2 Å². The Balaban J connectivity index is 1.46. The van der Waals surface area contributed by atoms with Gasteiger partial charge in [0.05, 0.1) is 7.11 Å². The van der Waals surface area contributed by atoms with Gasteiger partial charge >= 0.3 is 0 Å². The molecule has 2 aromatic carbocycles. The van der Waals surface area contributed by atoms with E-state index in [1.165, 1.54) is 0 Å². The third-order valence-electron chi connectivity index (χ3n) is 6.34. The number of nitrogens with one attached hydrogen (secondary N) is 1. The van der Waals surface area contributed by atoms with Gasteiger partial charge in [-0.1, -0.05) is 30.3 Å². The standard InChI is InChI=1S/C24H26N2O3/c1-15-24(16-6-4-3-5-7-16)19-12-21(28-2)18(10-22(19)29-15)14-26-9-8-20-17(13-26)11-23(27)25-20/h3-7,10,12,17,20H,8-9,11,13-14H2,1-2H3,(H,25,27)/t17-,20+/m1/s1. The number of carbonyl (C=O) groups excluding carboxylic acids is 1. The topological polar surface area (TPSA) is 54.7 Å². The van der Waals surface area contributed by atoms with Gasteiger partial charge in [0.15, 0.2) is 0 Å². The van der Waals surface area contributed by atoms with Crippen LogP contribution in [-0.4, -0.2) is 37.0 Å². The number of methoxy groups -OCH3 is 1. The zero-order chi connectivity index (χ0) is 20.0. The van der Waals surface area contributed by atoms with Crippen molar-refractivity contribution in [2.24, 2.45) is 5.92 Å². The minimum Gasteiger partial charge on any atom is -0.496 e. The lowest BCUT2D eigenvalue weighted by Crippen LogP contribution is -2.44. The van der Waals surface area contributed by atoms with Crippen molar-refractivity contribution < 1.29 is 13.9 Å². The second kappa shape index (κ2) is 7.23. The van der Waals surface area contributed by atoms with Gasteiger partial charge in [0.25, 0.3) is 0 Å². The van der Waals surface area contributed by atoms with Gasteiger partial charge in [0, 0.05) is 54.5 Å². The first kappa shape index (κ1) is 18.3. The van der Waals surface area contributed by atoms with Crippen LogP contribution in [-0.2, 0) is 11.3 Å². The molecule has 150 valence electrons. The Morgan fingerprint density at radius 1 is 1.24 bits per heavy atom. The third-order valence-corrected chi connectivity index (χ3v) is 6.34. The van der Waals surface area contributed by atoms with E-state index in [9.17, 15) is 4.79 Å². The zero-order valence-corrected chi connectivity index (χ0v) is 16.9. The lowest BCUT2D eigenvalue weighted by Gasteiger charge is -2.34. The van der Waals surface area contributed by atoms with Crippen LogP contribution in [0.4, 0.5) is 0 Å². The van der Waals surface area contributed by atoms with Crippen molar-refractivity contribution in [2.45, 2.75) is 32.4 Å². The molecule has 0 bridgehead atoms. The third kappa shape index (κ3) is 3.29. The van der Waals surface area contributed by atoms with Crippen LogP contribution in [0.3, 0.4) is 0 Å². The van der Waals surface area contributed by atoms with Gasteiger partial charge < -0.3 is 14.5 Å². The predicted octanol–water partition coefficient (Wildman–Crippen LogP) is 4.13. The molecule has 2 saturated heterocycles. The lowest BCUT2D eigenvalue weighted by molar-refractivity contribution is -0.119. The Morgan fingerprint density at radius 2 is 2.07 bits per heavy atom. The van der Waals surface area contributed by atoms with Crippen molar-refractivity contribution in [2.75, 3.05) is 20.2 Å². The van der Waals surface area contributed by atoms with E-state index in [1.807, 2.05) is 25.1 Å². The summed E-state index contributed by atoms with van der Waals surface area (Å²) < 4.78 is 11.9. The molecule has 1 N–H and O–H groups in total. The van der Waals surface area contributed by atoms with Crippen molar-refractivity contribution in [1.29, 1.82) is 0 Å². The summed E-state index contributed by atoms with van der Waals surface area (Å²) in [7, 11) is 1.73. The number of aryl methyl sites for hydroxylation is 1. The summed E-state index contributed by atoms with van der Waals surface area (Å²) in [4.78, 5) is 14.1. The fourth-order valence-corrected chi connectivity index (χ4v) is 4.96. The van der Waals surface area contributed by atoms with Crippen LogP contribution >= 0.6 is 0 Å². The normalized spacial score (nSPS) is 21.9. The number of likely N-dealkylation sites (tertiary alicyclic amines) is 1. The largest absolute Gasteiger partial charge is 0.496 e. The van der Waals surface area contributed by atoms with Crippen molar-refractivity contribution in [3.05, 3.63) is 53.8 Å². The van der Waals surface area contributed by atoms with Crippen LogP contribution in [0.2, 0.25) is 0 Å². The number of piperidine rings is 1. The first-order chi connectivity index (χ1) is 14.1. The molecule has 2 aliphatic heterocycles. The average Bonchev–Trinajstić information content (AvgIpc) is 3.25. The van der Waals surface area contributed by atoms with Crippen LogP contribution in [0, 0.1) is 12.8 Å². The average molecular weight is 390 g/mol. The van der Waals surface area contributed by atoms with Gasteiger partial charge in [-0.15, -0.1) is 0 Å². The minimum absolute atomic E-state index is 0.195. The first-order valence-corrected chi connectivity index (χ1v) is 10.3. The van der Waals surface area contributed by atoms with Gasteiger partial charge in [-0.05, 0) is 31.0 Å². The van der Waals surface area contributed by atoms with E-state index in [1.54, 1.807) is 7.11 Å². The molecular weight excluding hydrogens is 364 g/mol. The quantitative estimate of drug-likeness (QED) is 0.728.